The van der Waals surface area contributed by atoms with Gasteiger partial charge in [0.25, 0.3) is 11.6 Å². The van der Waals surface area contributed by atoms with Crippen LogP contribution >= 0.6 is 15.9 Å². The van der Waals surface area contributed by atoms with Crippen LogP contribution < -0.4 is 4.90 Å². The molecule has 0 radical (unpaired) electrons. The van der Waals surface area contributed by atoms with E-state index in [1.165, 1.54) is 23.1 Å². The number of rotatable bonds is 3. The van der Waals surface area contributed by atoms with Crippen molar-refractivity contribution < 1.29 is 27.3 Å². The summed E-state index contributed by atoms with van der Waals surface area (Å²) in [6, 6.07) is 6.09. The van der Waals surface area contributed by atoms with E-state index in [2.05, 4.69) is 15.9 Å². The van der Waals surface area contributed by atoms with Crippen LogP contribution in [-0.4, -0.2) is 41.9 Å². The standard InChI is InChI=1S/C18H14BrF4N3O3/c19-14-10-12(20)2-3-13(14)17(27)25-7-5-24(6-8-25)15-4-1-11(18(21,22)23)9-16(15)26(28)29/h1-4,9-10H,5-8H2. The summed E-state index contributed by atoms with van der Waals surface area (Å²) in [5, 5.41) is 11.3. The Kier molecular flexibility index (Phi) is 5.78. The van der Waals surface area contributed by atoms with E-state index in [1.807, 2.05) is 0 Å². The summed E-state index contributed by atoms with van der Waals surface area (Å²) in [5.74, 6) is -0.827. The minimum absolute atomic E-state index is 0.0676. The molecule has 0 N–H and O–H groups in total. The third-order valence-corrected chi connectivity index (χ3v) is 5.22. The molecule has 1 saturated heterocycles. The number of carbonyl (C=O) groups is 1. The molecule has 11 heteroatoms. The first kappa shape index (κ1) is 21.0. The molecule has 3 rings (SSSR count). The van der Waals surface area contributed by atoms with Gasteiger partial charge in [0.2, 0.25) is 0 Å². The molecule has 1 heterocycles. The van der Waals surface area contributed by atoms with E-state index in [0.717, 1.165) is 12.1 Å². The van der Waals surface area contributed by atoms with Crippen molar-refractivity contribution in [3.8, 4) is 0 Å². The molecule has 0 bridgehead atoms. The van der Waals surface area contributed by atoms with Crippen LogP contribution in [0.25, 0.3) is 0 Å². The number of hydrogen-bond donors (Lipinski definition) is 0. The Hall–Kier alpha value is -2.69. The average molecular weight is 476 g/mol. The molecule has 154 valence electrons. The molecule has 2 aromatic rings. The summed E-state index contributed by atoms with van der Waals surface area (Å²) in [6.07, 6.45) is -4.68. The number of piperazine rings is 1. The van der Waals surface area contributed by atoms with Crippen LogP contribution in [0.4, 0.5) is 28.9 Å². The quantitative estimate of drug-likeness (QED) is 0.373. The molecule has 2 aromatic carbocycles. The van der Waals surface area contributed by atoms with E-state index in [-0.39, 0.29) is 43.3 Å². The van der Waals surface area contributed by atoms with Crippen molar-refractivity contribution in [1.82, 2.24) is 4.90 Å². The maximum atomic E-state index is 13.2. The third-order valence-electron chi connectivity index (χ3n) is 4.57. The fourth-order valence-electron chi connectivity index (χ4n) is 3.10. The van der Waals surface area contributed by atoms with Crippen LogP contribution in [0.2, 0.25) is 0 Å². The lowest BCUT2D eigenvalue weighted by atomic mass is 10.1. The minimum atomic E-state index is -4.68. The molecule has 1 fully saturated rings. The van der Waals surface area contributed by atoms with Crippen molar-refractivity contribution in [3.05, 3.63) is 67.9 Å². The van der Waals surface area contributed by atoms with E-state index in [0.29, 0.717) is 10.5 Å². The van der Waals surface area contributed by atoms with E-state index in [4.69, 9.17) is 0 Å². The van der Waals surface area contributed by atoms with Gasteiger partial charge in [0.1, 0.15) is 11.5 Å². The van der Waals surface area contributed by atoms with E-state index >= 15 is 0 Å². The van der Waals surface area contributed by atoms with E-state index in [1.54, 1.807) is 4.90 Å². The fourth-order valence-corrected chi connectivity index (χ4v) is 3.62. The SMILES string of the molecule is O=C(c1ccc(F)cc1Br)N1CCN(c2ccc(C(F)(F)F)cc2[N+](=O)[O-])CC1. The summed E-state index contributed by atoms with van der Waals surface area (Å²) in [4.78, 5) is 26.1. The zero-order chi connectivity index (χ0) is 21.3. The average Bonchev–Trinajstić information content (AvgIpc) is 2.66. The van der Waals surface area contributed by atoms with Gasteiger partial charge in [0.05, 0.1) is 16.1 Å². The molecule has 0 unspecified atom stereocenters. The number of hydrogen-bond acceptors (Lipinski definition) is 4. The highest BCUT2D eigenvalue weighted by atomic mass is 79.9. The number of nitro benzene ring substituents is 1. The van der Waals surface area contributed by atoms with Crippen molar-refractivity contribution >= 4 is 33.2 Å². The summed E-state index contributed by atoms with van der Waals surface area (Å²) in [6.45, 7) is 0.829. The summed E-state index contributed by atoms with van der Waals surface area (Å²) in [5.41, 5.74) is -1.39. The highest BCUT2D eigenvalue weighted by Crippen LogP contribution is 2.36. The van der Waals surface area contributed by atoms with Gasteiger partial charge in [-0.25, -0.2) is 4.39 Å². The second-order valence-electron chi connectivity index (χ2n) is 6.36. The van der Waals surface area contributed by atoms with Crippen LogP contribution in [0, 0.1) is 15.9 Å². The van der Waals surface area contributed by atoms with Gasteiger partial charge >= 0.3 is 6.18 Å². The van der Waals surface area contributed by atoms with Gasteiger partial charge in [-0.1, -0.05) is 0 Å². The van der Waals surface area contributed by atoms with Crippen molar-refractivity contribution in [2.24, 2.45) is 0 Å². The summed E-state index contributed by atoms with van der Waals surface area (Å²) >= 11 is 3.15. The Balaban J connectivity index is 1.77. The number of anilines is 1. The third kappa shape index (κ3) is 4.50. The van der Waals surface area contributed by atoms with E-state index < -0.39 is 28.2 Å². The Bertz CT molecular complexity index is 960. The molecule has 1 aliphatic rings. The van der Waals surface area contributed by atoms with Gasteiger partial charge in [0.15, 0.2) is 0 Å². The predicted molar refractivity (Wildman–Crippen MR) is 100 cm³/mol. The molecule has 0 aliphatic carbocycles. The maximum Gasteiger partial charge on any atom is 0.416 e. The predicted octanol–water partition coefficient (Wildman–Crippen LogP) is 4.48. The monoisotopic (exact) mass is 475 g/mol. The summed E-state index contributed by atoms with van der Waals surface area (Å²) < 4.78 is 52.1. The second kappa shape index (κ2) is 7.97. The molecule has 0 spiro atoms. The summed E-state index contributed by atoms with van der Waals surface area (Å²) in [7, 11) is 0. The number of nitro groups is 1. The first-order valence-electron chi connectivity index (χ1n) is 8.43. The van der Waals surface area contributed by atoms with Crippen LogP contribution in [0.1, 0.15) is 15.9 Å². The zero-order valence-electron chi connectivity index (χ0n) is 14.7. The number of alkyl halides is 3. The van der Waals surface area contributed by atoms with Gasteiger partial charge < -0.3 is 9.80 Å². The number of carbonyl (C=O) groups excluding carboxylic acids is 1. The first-order valence-corrected chi connectivity index (χ1v) is 9.22. The van der Waals surface area contributed by atoms with Gasteiger partial charge in [-0.15, -0.1) is 0 Å². The molecule has 0 atom stereocenters. The van der Waals surface area contributed by atoms with Crippen LogP contribution in [0.5, 0.6) is 0 Å². The molecule has 6 nitrogen and oxygen atoms in total. The van der Waals surface area contributed by atoms with Crippen molar-refractivity contribution in [2.75, 3.05) is 31.1 Å². The first-order chi connectivity index (χ1) is 13.6. The van der Waals surface area contributed by atoms with E-state index in [9.17, 15) is 32.5 Å². The number of halogens is 5. The van der Waals surface area contributed by atoms with Gasteiger partial charge in [-0.3, -0.25) is 14.9 Å². The Labute approximate surface area is 171 Å². The topological polar surface area (TPSA) is 66.7 Å². The van der Waals surface area contributed by atoms with Gasteiger partial charge in [0, 0.05) is 36.7 Å². The molecular formula is C18H14BrF4N3O3. The maximum absolute atomic E-state index is 13.2. The smallest absolute Gasteiger partial charge is 0.362 e. The lowest BCUT2D eigenvalue weighted by Gasteiger charge is -2.36. The lowest BCUT2D eigenvalue weighted by Crippen LogP contribution is -2.49. The molecule has 0 saturated carbocycles. The largest absolute Gasteiger partial charge is 0.416 e. The zero-order valence-corrected chi connectivity index (χ0v) is 16.3. The Morgan fingerprint density at radius 1 is 1.07 bits per heavy atom. The molecular weight excluding hydrogens is 462 g/mol. The highest BCUT2D eigenvalue weighted by molar-refractivity contribution is 9.10. The minimum Gasteiger partial charge on any atom is -0.362 e. The highest BCUT2D eigenvalue weighted by Gasteiger charge is 2.34. The van der Waals surface area contributed by atoms with Gasteiger partial charge in [-0.05, 0) is 46.3 Å². The number of amides is 1. The Morgan fingerprint density at radius 3 is 2.28 bits per heavy atom. The van der Waals surface area contributed by atoms with Gasteiger partial charge in [-0.2, -0.15) is 13.2 Å². The van der Waals surface area contributed by atoms with Crippen molar-refractivity contribution in [3.63, 3.8) is 0 Å². The van der Waals surface area contributed by atoms with Crippen molar-refractivity contribution in [1.29, 1.82) is 0 Å². The molecule has 29 heavy (non-hydrogen) atoms. The normalized spacial score (nSPS) is 14.8. The lowest BCUT2D eigenvalue weighted by molar-refractivity contribution is -0.384. The second-order valence-corrected chi connectivity index (χ2v) is 7.22. The molecule has 1 aliphatic heterocycles. The van der Waals surface area contributed by atoms with Crippen LogP contribution in [-0.2, 0) is 6.18 Å². The van der Waals surface area contributed by atoms with Crippen LogP contribution in [0.15, 0.2) is 40.9 Å². The number of nitrogens with zero attached hydrogens (tertiary/aromatic N) is 3. The molecule has 0 aromatic heterocycles. The van der Waals surface area contributed by atoms with Crippen LogP contribution in [0.3, 0.4) is 0 Å². The Morgan fingerprint density at radius 2 is 1.72 bits per heavy atom. The number of benzene rings is 2. The fraction of sp³-hybridized carbons (Fsp3) is 0.278. The van der Waals surface area contributed by atoms with Crippen molar-refractivity contribution in [2.45, 2.75) is 6.18 Å². The molecule has 1 amide bonds.